The Labute approximate surface area is 116 Å². The molecule has 1 aromatic heterocycles. The van der Waals surface area contributed by atoms with E-state index in [0.29, 0.717) is 12.1 Å². The molecule has 0 radical (unpaired) electrons. The van der Waals surface area contributed by atoms with Crippen molar-refractivity contribution in [3.05, 3.63) is 30.1 Å². The van der Waals surface area contributed by atoms with E-state index in [1.165, 1.54) is 37.7 Å². The summed E-state index contributed by atoms with van der Waals surface area (Å²) in [5.41, 5.74) is 1.25. The van der Waals surface area contributed by atoms with Crippen molar-refractivity contribution in [3.63, 3.8) is 0 Å². The molecular weight excluding hydrogens is 236 g/mol. The third-order valence-electron chi connectivity index (χ3n) is 3.86. The molecule has 19 heavy (non-hydrogen) atoms. The Kier molecular flexibility index (Phi) is 6.31. The van der Waals surface area contributed by atoms with Crippen molar-refractivity contribution in [2.45, 2.75) is 57.6 Å². The van der Waals surface area contributed by atoms with Crippen molar-refractivity contribution < 1.29 is 4.74 Å². The number of pyridine rings is 1. The second-order valence-electron chi connectivity index (χ2n) is 5.45. The first-order chi connectivity index (χ1) is 9.36. The van der Waals surface area contributed by atoms with E-state index in [0.717, 1.165) is 19.6 Å². The Hall–Kier alpha value is -0.930. The first-order valence-electron chi connectivity index (χ1n) is 7.61. The highest BCUT2D eigenvalue weighted by molar-refractivity contribution is 5.12. The van der Waals surface area contributed by atoms with E-state index in [-0.39, 0.29) is 0 Å². The van der Waals surface area contributed by atoms with Crippen LogP contribution in [0.5, 0.6) is 0 Å². The highest BCUT2D eigenvalue weighted by Crippen LogP contribution is 2.20. The quantitative estimate of drug-likeness (QED) is 0.764. The van der Waals surface area contributed by atoms with Crippen LogP contribution in [-0.4, -0.2) is 24.2 Å². The molecule has 1 aromatic rings. The zero-order valence-corrected chi connectivity index (χ0v) is 12.0. The second kappa shape index (κ2) is 8.28. The van der Waals surface area contributed by atoms with E-state index in [9.17, 15) is 0 Å². The lowest BCUT2D eigenvalue weighted by Gasteiger charge is -2.22. The number of ether oxygens (including phenoxy) is 1. The fourth-order valence-corrected chi connectivity index (χ4v) is 2.62. The molecule has 1 unspecified atom stereocenters. The maximum atomic E-state index is 5.92. The number of hydrogen-bond donors (Lipinski definition) is 1. The minimum atomic E-state index is 0.364. The van der Waals surface area contributed by atoms with Crippen LogP contribution in [0.25, 0.3) is 0 Å². The van der Waals surface area contributed by atoms with Crippen LogP contribution in [0.4, 0.5) is 0 Å². The van der Waals surface area contributed by atoms with Gasteiger partial charge in [-0.15, -0.1) is 0 Å². The van der Waals surface area contributed by atoms with Gasteiger partial charge >= 0.3 is 0 Å². The molecule has 3 nitrogen and oxygen atoms in total. The zero-order chi connectivity index (χ0) is 13.3. The number of nitrogens with one attached hydrogen (secondary N) is 1. The lowest BCUT2D eigenvalue weighted by Crippen LogP contribution is -2.23. The van der Waals surface area contributed by atoms with Gasteiger partial charge in [-0.3, -0.25) is 4.98 Å². The Morgan fingerprint density at radius 2 is 2.21 bits per heavy atom. The van der Waals surface area contributed by atoms with Crippen molar-refractivity contribution in [2.75, 3.05) is 13.2 Å². The van der Waals surface area contributed by atoms with Crippen molar-refractivity contribution >= 4 is 0 Å². The van der Waals surface area contributed by atoms with Crippen LogP contribution >= 0.6 is 0 Å². The highest BCUT2D eigenvalue weighted by atomic mass is 16.5. The molecule has 0 bridgehead atoms. The maximum Gasteiger partial charge on any atom is 0.0575 e. The molecular formula is C16H26N2O. The van der Waals surface area contributed by atoms with E-state index in [1.807, 2.05) is 18.5 Å². The summed E-state index contributed by atoms with van der Waals surface area (Å²) in [6.07, 6.45) is 12.0. The first kappa shape index (κ1) is 14.5. The minimum absolute atomic E-state index is 0.364. The van der Waals surface area contributed by atoms with Gasteiger partial charge in [-0.1, -0.05) is 25.3 Å². The van der Waals surface area contributed by atoms with E-state index in [1.54, 1.807) is 0 Å². The van der Waals surface area contributed by atoms with Crippen molar-refractivity contribution in [3.8, 4) is 0 Å². The number of hydrogen-bond acceptors (Lipinski definition) is 3. The van der Waals surface area contributed by atoms with Gasteiger partial charge in [0, 0.05) is 25.0 Å². The normalized spacial score (nSPS) is 18.4. The van der Waals surface area contributed by atoms with Crippen LogP contribution in [0.1, 0.15) is 57.1 Å². The average Bonchev–Trinajstić information content (AvgIpc) is 2.49. The lowest BCUT2D eigenvalue weighted by molar-refractivity contribution is 0.0271. The summed E-state index contributed by atoms with van der Waals surface area (Å²) in [5, 5.41) is 3.52. The summed E-state index contributed by atoms with van der Waals surface area (Å²) in [4.78, 5) is 4.15. The SMILES string of the molecule is CC(NCCCOC1CCCCC1)c1cccnc1. The molecule has 1 saturated carbocycles. The van der Waals surface area contributed by atoms with E-state index < -0.39 is 0 Å². The highest BCUT2D eigenvalue weighted by Gasteiger charge is 2.13. The van der Waals surface area contributed by atoms with Crippen molar-refractivity contribution in [1.29, 1.82) is 0 Å². The van der Waals surface area contributed by atoms with Gasteiger partial charge in [0.15, 0.2) is 0 Å². The first-order valence-corrected chi connectivity index (χ1v) is 7.61. The third-order valence-corrected chi connectivity index (χ3v) is 3.86. The molecule has 1 aliphatic carbocycles. The molecule has 1 heterocycles. The summed E-state index contributed by atoms with van der Waals surface area (Å²) in [6, 6.07) is 4.46. The maximum absolute atomic E-state index is 5.92. The van der Waals surface area contributed by atoms with Crippen LogP contribution in [0, 0.1) is 0 Å². The van der Waals surface area contributed by atoms with Gasteiger partial charge < -0.3 is 10.1 Å². The molecule has 0 saturated heterocycles. The molecule has 1 N–H and O–H groups in total. The minimum Gasteiger partial charge on any atom is -0.378 e. The van der Waals surface area contributed by atoms with Gasteiger partial charge in [0.05, 0.1) is 6.10 Å². The summed E-state index contributed by atoms with van der Waals surface area (Å²) in [6.45, 7) is 4.07. The Morgan fingerprint density at radius 1 is 1.37 bits per heavy atom. The molecule has 106 valence electrons. The van der Waals surface area contributed by atoms with Gasteiger partial charge in [0.25, 0.3) is 0 Å². The largest absolute Gasteiger partial charge is 0.378 e. The Morgan fingerprint density at radius 3 is 2.95 bits per heavy atom. The van der Waals surface area contributed by atoms with E-state index in [4.69, 9.17) is 4.74 Å². The number of rotatable bonds is 7. The van der Waals surface area contributed by atoms with Crippen LogP contribution in [0.2, 0.25) is 0 Å². The summed E-state index contributed by atoms with van der Waals surface area (Å²) in [5.74, 6) is 0. The van der Waals surface area contributed by atoms with Gasteiger partial charge in [-0.2, -0.15) is 0 Å². The van der Waals surface area contributed by atoms with Crippen LogP contribution in [0.3, 0.4) is 0 Å². The van der Waals surface area contributed by atoms with Gasteiger partial charge in [-0.25, -0.2) is 0 Å². The number of nitrogens with zero attached hydrogens (tertiary/aromatic N) is 1. The standard InChI is InChI=1S/C16H26N2O/c1-14(15-7-5-10-17-13-15)18-11-6-12-19-16-8-3-2-4-9-16/h5,7,10,13-14,16,18H,2-4,6,8-9,11-12H2,1H3. The molecule has 1 atom stereocenters. The molecule has 0 aliphatic heterocycles. The molecule has 0 spiro atoms. The molecule has 0 aromatic carbocycles. The van der Waals surface area contributed by atoms with Gasteiger partial charge in [0.1, 0.15) is 0 Å². The van der Waals surface area contributed by atoms with Crippen LogP contribution < -0.4 is 5.32 Å². The van der Waals surface area contributed by atoms with Crippen molar-refractivity contribution in [2.24, 2.45) is 0 Å². The van der Waals surface area contributed by atoms with Crippen molar-refractivity contribution in [1.82, 2.24) is 10.3 Å². The monoisotopic (exact) mass is 262 g/mol. The third kappa shape index (κ3) is 5.29. The molecule has 3 heteroatoms. The smallest absolute Gasteiger partial charge is 0.0575 e. The predicted molar refractivity (Wildman–Crippen MR) is 78.1 cm³/mol. The molecule has 1 aliphatic rings. The molecule has 0 amide bonds. The van der Waals surface area contributed by atoms with E-state index >= 15 is 0 Å². The topological polar surface area (TPSA) is 34.1 Å². The predicted octanol–water partition coefficient (Wildman–Crippen LogP) is 3.47. The fourth-order valence-electron chi connectivity index (χ4n) is 2.62. The van der Waals surface area contributed by atoms with Crippen LogP contribution in [-0.2, 0) is 4.74 Å². The summed E-state index contributed by atoms with van der Waals surface area (Å²) in [7, 11) is 0. The van der Waals surface area contributed by atoms with Gasteiger partial charge in [0.2, 0.25) is 0 Å². The second-order valence-corrected chi connectivity index (χ2v) is 5.45. The Balaban J connectivity index is 1.54. The molecule has 1 fully saturated rings. The van der Waals surface area contributed by atoms with Gasteiger partial charge in [-0.05, 0) is 44.4 Å². The Bertz CT molecular complexity index is 336. The lowest BCUT2D eigenvalue weighted by atomic mass is 9.98. The summed E-state index contributed by atoms with van der Waals surface area (Å²) >= 11 is 0. The molecule has 2 rings (SSSR count). The number of aromatic nitrogens is 1. The average molecular weight is 262 g/mol. The van der Waals surface area contributed by atoms with Crippen LogP contribution in [0.15, 0.2) is 24.5 Å². The fraction of sp³-hybridized carbons (Fsp3) is 0.688. The zero-order valence-electron chi connectivity index (χ0n) is 12.0. The van der Waals surface area contributed by atoms with E-state index in [2.05, 4.69) is 23.3 Å². The summed E-state index contributed by atoms with van der Waals surface area (Å²) < 4.78 is 5.92.